The standard InChI is InChI=1S/C21H26N4O3/c1-21(2)10-8-17(9-11-21)24-20(26)16-12-18(25(27)28)19(23-14-16)22-13-15-6-4-3-5-7-15/h3-7,12,14,17H,8-11,13H2,1-2H3,(H,22,23)(H,24,26). The largest absolute Gasteiger partial charge is 0.360 e. The predicted octanol–water partition coefficient (Wildman–Crippen LogP) is 4.30. The lowest BCUT2D eigenvalue weighted by molar-refractivity contribution is -0.384. The molecule has 7 nitrogen and oxygen atoms in total. The molecule has 1 aliphatic rings. The Labute approximate surface area is 164 Å². The Morgan fingerprint density at radius 3 is 2.57 bits per heavy atom. The molecule has 1 aromatic heterocycles. The Morgan fingerprint density at radius 2 is 1.93 bits per heavy atom. The van der Waals surface area contributed by atoms with Crippen LogP contribution < -0.4 is 10.6 Å². The first kappa shape index (κ1) is 19.8. The molecule has 7 heteroatoms. The Balaban J connectivity index is 1.68. The van der Waals surface area contributed by atoms with Gasteiger partial charge in [-0.2, -0.15) is 0 Å². The zero-order chi connectivity index (χ0) is 20.1. The first-order valence-corrected chi connectivity index (χ1v) is 9.57. The molecule has 0 bridgehead atoms. The van der Waals surface area contributed by atoms with Gasteiger partial charge in [-0.05, 0) is 36.7 Å². The summed E-state index contributed by atoms with van der Waals surface area (Å²) >= 11 is 0. The number of anilines is 1. The number of aromatic nitrogens is 1. The Morgan fingerprint density at radius 1 is 1.25 bits per heavy atom. The molecule has 28 heavy (non-hydrogen) atoms. The van der Waals surface area contributed by atoms with Crippen LogP contribution in [0.2, 0.25) is 0 Å². The molecule has 1 fully saturated rings. The number of hydrogen-bond donors (Lipinski definition) is 2. The third-order valence-electron chi connectivity index (χ3n) is 5.30. The van der Waals surface area contributed by atoms with Gasteiger partial charge in [-0.25, -0.2) is 4.98 Å². The van der Waals surface area contributed by atoms with Crippen LogP contribution in [0.25, 0.3) is 0 Å². The maximum atomic E-state index is 12.5. The lowest BCUT2D eigenvalue weighted by Gasteiger charge is -2.34. The molecule has 0 saturated heterocycles. The normalized spacial score (nSPS) is 16.4. The number of rotatable bonds is 6. The summed E-state index contributed by atoms with van der Waals surface area (Å²) in [6, 6.07) is 11.0. The van der Waals surface area contributed by atoms with Gasteiger partial charge in [0.2, 0.25) is 5.82 Å². The molecule has 0 aliphatic heterocycles. The molecule has 0 spiro atoms. The zero-order valence-electron chi connectivity index (χ0n) is 16.3. The van der Waals surface area contributed by atoms with E-state index in [0.717, 1.165) is 31.2 Å². The molecule has 1 heterocycles. The minimum absolute atomic E-state index is 0.107. The number of nitrogens with one attached hydrogen (secondary N) is 2. The minimum atomic E-state index is -0.514. The van der Waals surface area contributed by atoms with Crippen molar-refractivity contribution in [2.75, 3.05) is 5.32 Å². The SMILES string of the molecule is CC1(C)CCC(NC(=O)c2cnc(NCc3ccccc3)c([N+](=O)[O-])c2)CC1. The number of amides is 1. The van der Waals surface area contributed by atoms with E-state index >= 15 is 0 Å². The summed E-state index contributed by atoms with van der Waals surface area (Å²) in [6.07, 6.45) is 5.34. The molecule has 0 atom stereocenters. The smallest absolute Gasteiger partial charge is 0.312 e. The van der Waals surface area contributed by atoms with Crippen molar-refractivity contribution in [1.82, 2.24) is 10.3 Å². The summed E-state index contributed by atoms with van der Waals surface area (Å²) in [5.74, 6) is -0.153. The summed E-state index contributed by atoms with van der Waals surface area (Å²) in [6.45, 7) is 4.89. The van der Waals surface area contributed by atoms with Crippen molar-refractivity contribution >= 4 is 17.4 Å². The van der Waals surface area contributed by atoms with E-state index < -0.39 is 4.92 Å². The monoisotopic (exact) mass is 382 g/mol. The molecule has 0 radical (unpaired) electrons. The average Bonchev–Trinajstić information content (AvgIpc) is 2.68. The summed E-state index contributed by atoms with van der Waals surface area (Å²) in [7, 11) is 0. The van der Waals surface area contributed by atoms with E-state index in [-0.39, 0.29) is 29.0 Å². The summed E-state index contributed by atoms with van der Waals surface area (Å²) < 4.78 is 0. The lowest BCUT2D eigenvalue weighted by Crippen LogP contribution is -2.39. The molecule has 148 valence electrons. The van der Waals surface area contributed by atoms with Crippen molar-refractivity contribution in [1.29, 1.82) is 0 Å². The molecule has 1 aliphatic carbocycles. The van der Waals surface area contributed by atoms with Crippen molar-refractivity contribution in [2.45, 2.75) is 52.1 Å². The molecular weight excluding hydrogens is 356 g/mol. The molecule has 2 aromatic rings. The number of hydrogen-bond acceptors (Lipinski definition) is 5. The van der Waals surface area contributed by atoms with Gasteiger partial charge in [0.25, 0.3) is 5.91 Å². The highest BCUT2D eigenvalue weighted by atomic mass is 16.6. The summed E-state index contributed by atoms with van der Waals surface area (Å²) in [5.41, 5.74) is 1.31. The van der Waals surface area contributed by atoms with Crippen LogP contribution in [0.5, 0.6) is 0 Å². The lowest BCUT2D eigenvalue weighted by atomic mass is 9.75. The van der Waals surface area contributed by atoms with Crippen LogP contribution in [-0.2, 0) is 6.54 Å². The van der Waals surface area contributed by atoms with Crippen molar-refractivity contribution in [3.05, 3.63) is 63.8 Å². The van der Waals surface area contributed by atoms with Gasteiger partial charge in [0.15, 0.2) is 0 Å². The fourth-order valence-corrected chi connectivity index (χ4v) is 3.45. The van der Waals surface area contributed by atoms with Crippen LogP contribution in [0.3, 0.4) is 0 Å². The van der Waals surface area contributed by atoms with Crippen molar-refractivity contribution in [3.63, 3.8) is 0 Å². The molecule has 0 unspecified atom stereocenters. The van der Waals surface area contributed by atoms with Gasteiger partial charge in [0.05, 0.1) is 10.5 Å². The van der Waals surface area contributed by atoms with Gasteiger partial charge >= 0.3 is 5.69 Å². The highest BCUT2D eigenvalue weighted by molar-refractivity contribution is 5.95. The van der Waals surface area contributed by atoms with Crippen LogP contribution in [0, 0.1) is 15.5 Å². The van der Waals surface area contributed by atoms with E-state index in [1.54, 1.807) is 0 Å². The third kappa shape index (κ3) is 5.06. The second kappa shape index (κ2) is 8.37. The summed E-state index contributed by atoms with van der Waals surface area (Å²) in [5, 5.41) is 17.4. The van der Waals surface area contributed by atoms with Crippen LogP contribution in [0.4, 0.5) is 11.5 Å². The van der Waals surface area contributed by atoms with Crippen LogP contribution >= 0.6 is 0 Å². The summed E-state index contributed by atoms with van der Waals surface area (Å²) in [4.78, 5) is 27.6. The van der Waals surface area contributed by atoms with Crippen molar-refractivity contribution in [2.24, 2.45) is 5.41 Å². The number of pyridine rings is 1. The fourth-order valence-electron chi connectivity index (χ4n) is 3.45. The number of benzene rings is 1. The zero-order valence-corrected chi connectivity index (χ0v) is 16.3. The van der Waals surface area contributed by atoms with E-state index in [1.807, 2.05) is 30.3 Å². The van der Waals surface area contributed by atoms with Gasteiger partial charge in [0, 0.05) is 24.8 Å². The van der Waals surface area contributed by atoms with Crippen LogP contribution in [0.15, 0.2) is 42.6 Å². The van der Waals surface area contributed by atoms with Crippen LogP contribution in [0.1, 0.15) is 55.5 Å². The van der Waals surface area contributed by atoms with Gasteiger partial charge < -0.3 is 10.6 Å². The number of carbonyl (C=O) groups is 1. The van der Waals surface area contributed by atoms with E-state index in [0.29, 0.717) is 12.0 Å². The van der Waals surface area contributed by atoms with E-state index in [9.17, 15) is 14.9 Å². The maximum absolute atomic E-state index is 12.5. The van der Waals surface area contributed by atoms with Gasteiger partial charge in [-0.15, -0.1) is 0 Å². The highest BCUT2D eigenvalue weighted by Crippen LogP contribution is 2.35. The van der Waals surface area contributed by atoms with E-state index in [1.165, 1.54) is 12.3 Å². The molecule has 3 rings (SSSR count). The van der Waals surface area contributed by atoms with Crippen molar-refractivity contribution < 1.29 is 9.72 Å². The quantitative estimate of drug-likeness (QED) is 0.573. The van der Waals surface area contributed by atoms with Gasteiger partial charge in [0.1, 0.15) is 0 Å². The van der Waals surface area contributed by atoms with Crippen LogP contribution in [-0.4, -0.2) is 21.9 Å². The topological polar surface area (TPSA) is 97.2 Å². The Kier molecular flexibility index (Phi) is 5.92. The second-order valence-corrected chi connectivity index (χ2v) is 8.10. The molecule has 1 saturated carbocycles. The number of nitrogens with zero attached hydrogens (tertiary/aromatic N) is 2. The predicted molar refractivity (Wildman–Crippen MR) is 108 cm³/mol. The third-order valence-corrected chi connectivity index (χ3v) is 5.30. The number of carbonyl (C=O) groups excluding carboxylic acids is 1. The maximum Gasteiger partial charge on any atom is 0.312 e. The molecule has 2 N–H and O–H groups in total. The first-order chi connectivity index (χ1) is 13.3. The first-order valence-electron chi connectivity index (χ1n) is 9.57. The fraction of sp³-hybridized carbons (Fsp3) is 0.429. The van der Waals surface area contributed by atoms with Crippen molar-refractivity contribution in [3.8, 4) is 0 Å². The minimum Gasteiger partial charge on any atom is -0.360 e. The molecular formula is C21H26N4O3. The Bertz CT molecular complexity index is 842. The average molecular weight is 382 g/mol. The van der Waals surface area contributed by atoms with E-state index in [2.05, 4.69) is 29.5 Å². The van der Waals surface area contributed by atoms with Gasteiger partial charge in [-0.3, -0.25) is 14.9 Å². The van der Waals surface area contributed by atoms with E-state index in [4.69, 9.17) is 0 Å². The highest BCUT2D eigenvalue weighted by Gasteiger charge is 2.28. The molecule has 1 amide bonds. The Hall–Kier alpha value is -2.96. The molecule has 1 aromatic carbocycles. The second-order valence-electron chi connectivity index (χ2n) is 8.10. The van der Waals surface area contributed by atoms with Gasteiger partial charge in [-0.1, -0.05) is 44.2 Å². The number of nitro groups is 1.